The molecule has 3 rings (SSSR count). The molecule has 1 saturated heterocycles. The van der Waals surface area contributed by atoms with Crippen LogP contribution in [-0.4, -0.2) is 10.7 Å². The lowest BCUT2D eigenvalue weighted by molar-refractivity contribution is -0.765. The molecule has 0 unspecified atom stereocenters. The maximum atomic E-state index is 12.3. The third-order valence-electron chi connectivity index (χ3n) is 7.22. The van der Waals surface area contributed by atoms with E-state index in [0.717, 1.165) is 25.7 Å². The van der Waals surface area contributed by atoms with Crippen molar-refractivity contribution in [2.45, 2.75) is 83.4 Å². The maximum Gasteiger partial charge on any atom is 0.118 e. The molecule has 5 atom stereocenters. The number of hydrogen-bond donors (Lipinski definition) is 2. The van der Waals surface area contributed by atoms with Crippen molar-refractivity contribution in [1.82, 2.24) is 0 Å². The van der Waals surface area contributed by atoms with Gasteiger partial charge in [-0.1, -0.05) is 114 Å². The van der Waals surface area contributed by atoms with Crippen molar-refractivity contribution in [2.24, 2.45) is 11.8 Å². The van der Waals surface area contributed by atoms with Crippen LogP contribution in [0.15, 0.2) is 60.7 Å². The van der Waals surface area contributed by atoms with E-state index in [-0.39, 0.29) is 17.9 Å². The summed E-state index contributed by atoms with van der Waals surface area (Å²) in [5, 5.41) is 14.8. The summed E-state index contributed by atoms with van der Waals surface area (Å²) in [4.78, 5) is 0. The molecule has 2 heteroatoms. The minimum Gasteiger partial charge on any atom is -0.389 e. The average molecular weight is 395 g/mol. The van der Waals surface area contributed by atoms with Crippen molar-refractivity contribution in [3.8, 4) is 0 Å². The fraction of sp³-hybridized carbons (Fsp3) is 0.556. The predicted molar refractivity (Wildman–Crippen MR) is 122 cm³/mol. The summed E-state index contributed by atoms with van der Waals surface area (Å²) in [5.41, 5.74) is 2.06. The van der Waals surface area contributed by atoms with E-state index in [1.807, 2.05) is 0 Å². The van der Waals surface area contributed by atoms with E-state index in [2.05, 4.69) is 86.8 Å². The highest BCUT2D eigenvalue weighted by molar-refractivity contribution is 5.24. The fourth-order valence-corrected chi connectivity index (χ4v) is 5.57. The number of piperidine rings is 1. The first-order valence-electron chi connectivity index (χ1n) is 11.8. The summed E-state index contributed by atoms with van der Waals surface area (Å²) in [6.45, 7) is 6.80. The summed E-state index contributed by atoms with van der Waals surface area (Å²) in [7, 11) is 0. The summed E-state index contributed by atoms with van der Waals surface area (Å²) in [5.74, 6) is 0.509. The largest absolute Gasteiger partial charge is 0.389 e. The van der Waals surface area contributed by atoms with Gasteiger partial charge in [-0.15, -0.1) is 0 Å². The third kappa shape index (κ3) is 4.92. The Morgan fingerprint density at radius 3 is 1.93 bits per heavy atom. The molecule has 3 N–H and O–H groups in total. The Bertz CT molecular complexity index is 716. The van der Waals surface area contributed by atoms with Crippen LogP contribution in [0.3, 0.4) is 0 Å². The molecule has 2 nitrogen and oxygen atoms in total. The van der Waals surface area contributed by atoms with Gasteiger partial charge >= 0.3 is 0 Å². The number of benzene rings is 2. The highest BCUT2D eigenvalue weighted by Crippen LogP contribution is 2.47. The van der Waals surface area contributed by atoms with Crippen LogP contribution in [0.25, 0.3) is 0 Å². The number of rotatable bonds is 9. The second-order valence-corrected chi connectivity index (χ2v) is 9.05. The molecule has 1 aliphatic heterocycles. The van der Waals surface area contributed by atoms with E-state index in [4.69, 9.17) is 0 Å². The first-order chi connectivity index (χ1) is 14.1. The number of hydrogen-bond acceptors (Lipinski definition) is 1. The van der Waals surface area contributed by atoms with Gasteiger partial charge in [0.1, 0.15) is 12.1 Å². The first-order valence-corrected chi connectivity index (χ1v) is 11.8. The molecular formula is C27H40NO+. The van der Waals surface area contributed by atoms with Gasteiger partial charge in [0.2, 0.25) is 0 Å². The Morgan fingerprint density at radius 2 is 1.38 bits per heavy atom. The van der Waals surface area contributed by atoms with Crippen LogP contribution < -0.4 is 5.32 Å². The van der Waals surface area contributed by atoms with E-state index in [1.54, 1.807) is 0 Å². The second kappa shape index (κ2) is 10.4. The van der Waals surface area contributed by atoms with Crippen LogP contribution in [0, 0.1) is 11.8 Å². The monoisotopic (exact) mass is 394 g/mol. The Morgan fingerprint density at radius 1 is 0.793 bits per heavy atom. The van der Waals surface area contributed by atoms with E-state index in [1.165, 1.54) is 30.4 Å². The molecule has 1 aliphatic rings. The number of nitrogens with two attached hydrogens (primary N) is 1. The van der Waals surface area contributed by atoms with Gasteiger partial charge in [0.25, 0.3) is 0 Å². The molecule has 0 aliphatic carbocycles. The second-order valence-electron chi connectivity index (χ2n) is 9.05. The molecule has 1 heterocycles. The first kappa shape index (κ1) is 22.1. The van der Waals surface area contributed by atoms with Gasteiger partial charge in [-0.25, -0.2) is 0 Å². The normalized spacial score (nSPS) is 29.7. The van der Waals surface area contributed by atoms with Crippen LogP contribution in [-0.2, 0) is 0 Å². The van der Waals surface area contributed by atoms with Gasteiger partial charge in [0, 0.05) is 23.0 Å². The van der Waals surface area contributed by atoms with Crippen LogP contribution in [0.4, 0.5) is 0 Å². The van der Waals surface area contributed by atoms with Crippen molar-refractivity contribution in [1.29, 1.82) is 0 Å². The average Bonchev–Trinajstić information content (AvgIpc) is 2.76. The molecule has 2 aromatic carbocycles. The molecule has 0 radical (unpaired) electrons. The Balaban J connectivity index is 1.98. The zero-order valence-corrected chi connectivity index (χ0v) is 18.6. The molecule has 0 amide bonds. The maximum absolute atomic E-state index is 12.3. The zero-order chi connectivity index (χ0) is 20.7. The van der Waals surface area contributed by atoms with Gasteiger partial charge in [0.05, 0.1) is 5.60 Å². The Hall–Kier alpha value is -1.64. The summed E-state index contributed by atoms with van der Waals surface area (Å²) in [6, 6.07) is 22.3. The summed E-state index contributed by atoms with van der Waals surface area (Å²) in [6.07, 6.45) is 7.95. The number of unbranched alkanes of at least 4 members (excludes halogenated alkanes) is 3. The van der Waals surface area contributed by atoms with E-state index < -0.39 is 5.60 Å². The molecule has 2 aromatic rings. The van der Waals surface area contributed by atoms with Crippen molar-refractivity contribution < 1.29 is 10.4 Å². The zero-order valence-electron chi connectivity index (χ0n) is 18.6. The number of aliphatic hydroxyl groups is 1. The Labute approximate surface area is 177 Å². The van der Waals surface area contributed by atoms with Crippen LogP contribution in [0.5, 0.6) is 0 Å². The SMILES string of the molecule is CCCCCC[C@]1(O)[C@@H](C)[C@H](c2ccccc2)[NH2+][C@H](c2ccccc2)[C@@H]1CCC. The van der Waals surface area contributed by atoms with E-state index in [9.17, 15) is 5.11 Å². The van der Waals surface area contributed by atoms with Gasteiger partial charge in [-0.3, -0.25) is 0 Å². The van der Waals surface area contributed by atoms with Crippen molar-refractivity contribution in [3.05, 3.63) is 71.8 Å². The van der Waals surface area contributed by atoms with Crippen LogP contribution >= 0.6 is 0 Å². The van der Waals surface area contributed by atoms with E-state index >= 15 is 0 Å². The Kier molecular flexibility index (Phi) is 7.91. The van der Waals surface area contributed by atoms with Gasteiger partial charge in [0.15, 0.2) is 0 Å². The lowest BCUT2D eigenvalue weighted by atomic mass is 9.62. The lowest BCUT2D eigenvalue weighted by Crippen LogP contribution is -2.93. The van der Waals surface area contributed by atoms with Crippen molar-refractivity contribution >= 4 is 0 Å². The fourth-order valence-electron chi connectivity index (χ4n) is 5.57. The summed E-state index contributed by atoms with van der Waals surface area (Å²) >= 11 is 0. The molecule has 0 aromatic heterocycles. The summed E-state index contributed by atoms with van der Waals surface area (Å²) < 4.78 is 0. The van der Waals surface area contributed by atoms with Gasteiger partial charge < -0.3 is 10.4 Å². The smallest absolute Gasteiger partial charge is 0.118 e. The highest BCUT2D eigenvalue weighted by Gasteiger charge is 2.54. The number of quaternary nitrogens is 1. The molecule has 0 bridgehead atoms. The molecule has 0 spiro atoms. The minimum absolute atomic E-state index is 0.225. The highest BCUT2D eigenvalue weighted by atomic mass is 16.3. The quantitative estimate of drug-likeness (QED) is 0.518. The van der Waals surface area contributed by atoms with Crippen molar-refractivity contribution in [3.63, 3.8) is 0 Å². The molecule has 158 valence electrons. The predicted octanol–water partition coefficient (Wildman–Crippen LogP) is 5.80. The lowest BCUT2D eigenvalue weighted by Gasteiger charge is -2.51. The molecule has 1 fully saturated rings. The third-order valence-corrected chi connectivity index (χ3v) is 7.22. The minimum atomic E-state index is -0.625. The standard InChI is InChI=1S/C27H39NO/c1-4-6-7-14-20-27(29)21(3)25(22-16-10-8-11-17-22)28-26(24(27)15-5-2)23-18-12-9-13-19-23/h8-13,16-19,21,24-26,28-29H,4-7,14-15,20H2,1-3H3/p+1/t21-,24-,25+,26+,27-/m0/s1. The van der Waals surface area contributed by atoms with Gasteiger partial charge in [-0.2, -0.15) is 0 Å². The molecular weight excluding hydrogens is 354 g/mol. The van der Waals surface area contributed by atoms with Gasteiger partial charge in [-0.05, 0) is 12.8 Å². The van der Waals surface area contributed by atoms with Crippen LogP contribution in [0.1, 0.15) is 88.9 Å². The molecule has 0 saturated carbocycles. The van der Waals surface area contributed by atoms with E-state index in [0.29, 0.717) is 6.04 Å². The topological polar surface area (TPSA) is 36.8 Å². The van der Waals surface area contributed by atoms with Crippen molar-refractivity contribution in [2.75, 3.05) is 0 Å². The van der Waals surface area contributed by atoms with Crippen LogP contribution in [0.2, 0.25) is 0 Å². The molecule has 29 heavy (non-hydrogen) atoms.